The van der Waals surface area contributed by atoms with E-state index >= 15 is 0 Å². The van der Waals surface area contributed by atoms with Gasteiger partial charge < -0.3 is 29.9 Å². The molecule has 0 atom stereocenters. The first-order valence-corrected chi connectivity index (χ1v) is 10.6. The lowest BCUT2D eigenvalue weighted by atomic mass is 10.1. The van der Waals surface area contributed by atoms with Gasteiger partial charge in [0, 0.05) is 53.0 Å². The Morgan fingerprint density at radius 1 is 1.24 bits per heavy atom. The van der Waals surface area contributed by atoms with Gasteiger partial charge in [0.25, 0.3) is 0 Å². The summed E-state index contributed by atoms with van der Waals surface area (Å²) in [6, 6.07) is 0.193. The minimum Gasteiger partial charge on any atom is -0.450 e. The highest BCUT2D eigenvalue weighted by Gasteiger charge is 2.24. The van der Waals surface area contributed by atoms with Crippen molar-refractivity contribution in [3.05, 3.63) is 0 Å². The van der Waals surface area contributed by atoms with Crippen molar-refractivity contribution in [2.75, 3.05) is 60.1 Å². The summed E-state index contributed by atoms with van der Waals surface area (Å²) in [5.41, 5.74) is 0. The van der Waals surface area contributed by atoms with E-state index in [1.165, 1.54) is 4.90 Å². The van der Waals surface area contributed by atoms with Crippen LogP contribution in [0.5, 0.6) is 0 Å². The van der Waals surface area contributed by atoms with E-state index in [-0.39, 0.29) is 24.6 Å². The van der Waals surface area contributed by atoms with Crippen molar-refractivity contribution >= 4 is 18.0 Å². The normalized spacial score (nSPS) is 15.4. The molecule has 0 aromatic carbocycles. The minimum atomic E-state index is -0.254. The number of nitrogens with one attached hydrogen (secondary N) is 2. The number of likely N-dealkylation sites (N-methyl/N-ethyl adjacent to an activating group) is 1. The highest BCUT2D eigenvalue weighted by atomic mass is 16.6. The molecule has 0 aromatic rings. The van der Waals surface area contributed by atoms with E-state index in [4.69, 9.17) is 9.47 Å². The molecular weight excluding hydrogens is 374 g/mol. The molecule has 1 heterocycles. The quantitative estimate of drug-likeness (QED) is 0.318. The van der Waals surface area contributed by atoms with Crippen molar-refractivity contribution in [2.24, 2.45) is 10.9 Å². The Labute approximate surface area is 175 Å². The van der Waals surface area contributed by atoms with Crippen LogP contribution < -0.4 is 10.6 Å². The van der Waals surface area contributed by atoms with Gasteiger partial charge in [0.1, 0.15) is 6.54 Å². The molecule has 168 valence electrons. The Kier molecular flexibility index (Phi) is 12.1. The van der Waals surface area contributed by atoms with Crippen LogP contribution in [0, 0.1) is 5.92 Å². The Morgan fingerprint density at radius 3 is 2.52 bits per heavy atom. The van der Waals surface area contributed by atoms with Crippen LogP contribution in [0.2, 0.25) is 0 Å². The van der Waals surface area contributed by atoms with Gasteiger partial charge in [0.05, 0.1) is 6.61 Å². The SMILES string of the molecule is CCOC(=O)N1CCC(NC(=NCC(=O)N(C)C)NCCCOCC(C)C)CC1. The fourth-order valence-electron chi connectivity index (χ4n) is 2.76. The molecule has 0 bridgehead atoms. The lowest BCUT2D eigenvalue weighted by Crippen LogP contribution is -2.50. The van der Waals surface area contributed by atoms with E-state index in [0.29, 0.717) is 44.7 Å². The lowest BCUT2D eigenvalue weighted by molar-refractivity contribution is -0.127. The molecule has 1 fully saturated rings. The first-order valence-electron chi connectivity index (χ1n) is 10.6. The average Bonchev–Trinajstić information content (AvgIpc) is 2.68. The largest absolute Gasteiger partial charge is 0.450 e. The van der Waals surface area contributed by atoms with E-state index in [1.54, 1.807) is 19.0 Å². The summed E-state index contributed by atoms with van der Waals surface area (Å²) in [6.07, 6.45) is 2.21. The lowest BCUT2D eigenvalue weighted by Gasteiger charge is -2.32. The maximum absolute atomic E-state index is 11.9. The molecule has 0 aromatic heterocycles. The number of carbonyl (C=O) groups is 2. The van der Waals surface area contributed by atoms with Crippen LogP contribution in [-0.2, 0) is 14.3 Å². The highest BCUT2D eigenvalue weighted by molar-refractivity contribution is 5.85. The smallest absolute Gasteiger partial charge is 0.409 e. The van der Waals surface area contributed by atoms with E-state index in [0.717, 1.165) is 25.9 Å². The van der Waals surface area contributed by atoms with Crippen molar-refractivity contribution in [1.82, 2.24) is 20.4 Å². The second-order valence-corrected chi connectivity index (χ2v) is 7.81. The van der Waals surface area contributed by atoms with E-state index in [1.807, 2.05) is 6.92 Å². The van der Waals surface area contributed by atoms with Crippen LogP contribution in [0.3, 0.4) is 0 Å². The highest BCUT2D eigenvalue weighted by Crippen LogP contribution is 2.11. The van der Waals surface area contributed by atoms with Gasteiger partial charge in [-0.2, -0.15) is 0 Å². The Bertz CT molecular complexity index is 517. The number of nitrogens with zero attached hydrogens (tertiary/aromatic N) is 3. The molecule has 0 radical (unpaired) electrons. The Morgan fingerprint density at radius 2 is 1.93 bits per heavy atom. The molecule has 0 aliphatic carbocycles. The van der Waals surface area contributed by atoms with Crippen LogP contribution in [0.1, 0.15) is 40.0 Å². The van der Waals surface area contributed by atoms with Crippen LogP contribution in [0.25, 0.3) is 0 Å². The van der Waals surface area contributed by atoms with Gasteiger partial charge in [-0.1, -0.05) is 13.8 Å². The summed E-state index contributed by atoms with van der Waals surface area (Å²) in [6.45, 7) is 9.98. The van der Waals surface area contributed by atoms with Crippen LogP contribution in [0.15, 0.2) is 4.99 Å². The zero-order valence-corrected chi connectivity index (χ0v) is 18.7. The maximum atomic E-state index is 11.9. The molecule has 1 aliphatic rings. The first kappa shape index (κ1) is 25.0. The van der Waals surface area contributed by atoms with E-state index in [2.05, 4.69) is 29.5 Å². The summed E-state index contributed by atoms with van der Waals surface area (Å²) < 4.78 is 10.7. The third kappa shape index (κ3) is 10.9. The standard InChI is InChI=1S/C20H39N5O4/c1-6-29-20(27)25-11-8-17(9-12-25)23-19(22-14-18(26)24(4)5)21-10-7-13-28-15-16(2)3/h16-17H,6-15H2,1-5H3,(H2,21,22,23). The van der Waals surface area contributed by atoms with Gasteiger partial charge in [-0.15, -0.1) is 0 Å². The number of hydrogen-bond donors (Lipinski definition) is 2. The molecule has 0 spiro atoms. The first-order chi connectivity index (χ1) is 13.8. The van der Waals surface area contributed by atoms with Crippen molar-refractivity contribution in [2.45, 2.75) is 46.1 Å². The van der Waals surface area contributed by atoms with Crippen LogP contribution in [-0.4, -0.2) is 93.9 Å². The summed E-state index contributed by atoms with van der Waals surface area (Å²) >= 11 is 0. The molecule has 1 aliphatic heterocycles. The molecule has 0 unspecified atom stereocenters. The van der Waals surface area contributed by atoms with Crippen molar-refractivity contribution in [3.8, 4) is 0 Å². The van der Waals surface area contributed by atoms with Crippen LogP contribution in [0.4, 0.5) is 4.79 Å². The Balaban J connectivity index is 2.48. The number of rotatable bonds is 10. The predicted molar refractivity (Wildman–Crippen MR) is 114 cm³/mol. The third-order valence-corrected chi connectivity index (χ3v) is 4.44. The number of ether oxygens (including phenoxy) is 2. The number of likely N-dealkylation sites (tertiary alicyclic amines) is 1. The molecule has 9 heteroatoms. The summed E-state index contributed by atoms with van der Waals surface area (Å²) in [7, 11) is 3.44. The van der Waals surface area contributed by atoms with E-state index < -0.39 is 0 Å². The molecule has 9 nitrogen and oxygen atoms in total. The molecular formula is C20H39N5O4. The second kappa shape index (κ2) is 14.0. The van der Waals surface area contributed by atoms with Crippen molar-refractivity contribution in [3.63, 3.8) is 0 Å². The Hall–Kier alpha value is -2.03. The zero-order valence-electron chi connectivity index (χ0n) is 18.7. The van der Waals surface area contributed by atoms with Gasteiger partial charge in [-0.3, -0.25) is 4.79 Å². The number of aliphatic imine (C=N–C) groups is 1. The monoisotopic (exact) mass is 413 g/mol. The molecule has 0 saturated carbocycles. The third-order valence-electron chi connectivity index (χ3n) is 4.44. The van der Waals surface area contributed by atoms with Gasteiger partial charge >= 0.3 is 6.09 Å². The van der Waals surface area contributed by atoms with Crippen molar-refractivity contribution < 1.29 is 19.1 Å². The van der Waals surface area contributed by atoms with E-state index in [9.17, 15) is 9.59 Å². The minimum absolute atomic E-state index is 0.0523. The molecule has 29 heavy (non-hydrogen) atoms. The topological polar surface area (TPSA) is 95.5 Å². The molecule has 2 amide bonds. The number of guanidine groups is 1. The van der Waals surface area contributed by atoms with Gasteiger partial charge in [0.2, 0.25) is 5.91 Å². The van der Waals surface area contributed by atoms with Crippen molar-refractivity contribution in [1.29, 1.82) is 0 Å². The van der Waals surface area contributed by atoms with Gasteiger partial charge in [-0.05, 0) is 32.1 Å². The van der Waals surface area contributed by atoms with Crippen LogP contribution >= 0.6 is 0 Å². The maximum Gasteiger partial charge on any atom is 0.409 e. The van der Waals surface area contributed by atoms with Gasteiger partial charge in [0.15, 0.2) is 5.96 Å². The van der Waals surface area contributed by atoms with Gasteiger partial charge in [-0.25, -0.2) is 9.79 Å². The summed E-state index contributed by atoms with van der Waals surface area (Å²) in [5, 5.41) is 6.69. The fourth-order valence-corrected chi connectivity index (χ4v) is 2.76. The number of amides is 2. The number of piperidine rings is 1. The number of hydrogen-bond acceptors (Lipinski definition) is 5. The average molecular weight is 414 g/mol. The zero-order chi connectivity index (χ0) is 21.6. The summed E-state index contributed by atoms with van der Waals surface area (Å²) in [5.74, 6) is 1.10. The predicted octanol–water partition coefficient (Wildman–Crippen LogP) is 1.29. The second-order valence-electron chi connectivity index (χ2n) is 7.81. The summed E-state index contributed by atoms with van der Waals surface area (Å²) in [4.78, 5) is 31.4. The number of carbonyl (C=O) groups excluding carboxylic acids is 2. The molecule has 2 N–H and O–H groups in total. The molecule has 1 rings (SSSR count). The molecule has 1 saturated heterocycles. The fraction of sp³-hybridized carbons (Fsp3) is 0.850.